The molecule has 0 aliphatic heterocycles. The third-order valence-electron chi connectivity index (χ3n) is 5.24. The summed E-state index contributed by atoms with van der Waals surface area (Å²) in [5.41, 5.74) is 2.38. The van der Waals surface area contributed by atoms with Gasteiger partial charge in [-0.1, -0.05) is 41.4 Å². The molecule has 4 aromatic rings. The first-order chi connectivity index (χ1) is 16.7. The Labute approximate surface area is 220 Å². The average molecular weight is 601 g/mol. The molecule has 0 unspecified atom stereocenters. The molecule has 184 valence electrons. The predicted molar refractivity (Wildman–Crippen MR) is 140 cm³/mol. The Bertz CT molecular complexity index is 1470. The van der Waals surface area contributed by atoms with Gasteiger partial charge in [0, 0.05) is 34.8 Å². The lowest BCUT2D eigenvalue weighted by atomic mass is 10.1. The maximum Gasteiger partial charge on any atom is 0.243 e. The monoisotopic (exact) mass is 599 g/mol. The van der Waals surface area contributed by atoms with Crippen molar-refractivity contribution in [3.05, 3.63) is 74.6 Å². The fourth-order valence-corrected chi connectivity index (χ4v) is 5.84. The van der Waals surface area contributed by atoms with Crippen LogP contribution in [-0.2, 0) is 10.0 Å². The first kappa shape index (κ1) is 25.8. The van der Waals surface area contributed by atoms with Gasteiger partial charge in [0.05, 0.1) is 16.4 Å². The van der Waals surface area contributed by atoms with Crippen LogP contribution in [0.2, 0.25) is 10.0 Å². The van der Waals surface area contributed by atoms with E-state index >= 15 is 0 Å². The Morgan fingerprint density at radius 2 is 1.86 bits per heavy atom. The highest BCUT2D eigenvalue weighted by Crippen LogP contribution is 2.30. The van der Waals surface area contributed by atoms with Gasteiger partial charge in [0.2, 0.25) is 10.0 Å². The summed E-state index contributed by atoms with van der Waals surface area (Å²) < 4.78 is 44.2. The highest BCUT2D eigenvalue weighted by atomic mass is 79.9. The number of aromatic nitrogens is 3. The summed E-state index contributed by atoms with van der Waals surface area (Å²) in [4.78, 5) is 4.29. The van der Waals surface area contributed by atoms with Crippen LogP contribution in [-0.4, -0.2) is 36.1 Å². The Morgan fingerprint density at radius 3 is 2.60 bits per heavy atom. The SMILES string of the molecule is Cc1cc(Cl)cc(F)c1S(=O)(=O)NCCCCNc1cc(-c2ccccc2Cl)nc2c(Br)cnn12. The molecular weight excluding hydrogens is 580 g/mol. The van der Waals surface area contributed by atoms with E-state index in [0.717, 1.165) is 21.9 Å². The Hall–Kier alpha value is -2.24. The van der Waals surface area contributed by atoms with Crippen molar-refractivity contribution in [1.82, 2.24) is 19.3 Å². The lowest BCUT2D eigenvalue weighted by Crippen LogP contribution is -2.26. The normalized spacial score (nSPS) is 11.8. The number of nitrogens with zero attached hydrogens (tertiary/aromatic N) is 3. The number of hydrogen-bond acceptors (Lipinski definition) is 5. The largest absolute Gasteiger partial charge is 0.370 e. The van der Waals surface area contributed by atoms with Gasteiger partial charge in [0.25, 0.3) is 0 Å². The first-order valence-electron chi connectivity index (χ1n) is 10.7. The molecule has 0 saturated heterocycles. The van der Waals surface area contributed by atoms with Crippen LogP contribution < -0.4 is 10.0 Å². The number of nitrogens with one attached hydrogen (secondary N) is 2. The lowest BCUT2D eigenvalue weighted by molar-refractivity contribution is 0.552. The molecule has 12 heteroatoms. The molecular formula is C23H21BrCl2FN5O2S. The van der Waals surface area contributed by atoms with E-state index in [-0.39, 0.29) is 22.0 Å². The van der Waals surface area contributed by atoms with Gasteiger partial charge in [-0.05, 0) is 59.5 Å². The van der Waals surface area contributed by atoms with Gasteiger partial charge in [0.15, 0.2) is 5.65 Å². The third kappa shape index (κ3) is 5.78. The maximum atomic E-state index is 14.2. The number of hydrogen-bond donors (Lipinski definition) is 2. The second-order valence-electron chi connectivity index (χ2n) is 7.80. The van der Waals surface area contributed by atoms with Crippen molar-refractivity contribution in [2.24, 2.45) is 0 Å². The summed E-state index contributed by atoms with van der Waals surface area (Å²) in [5.74, 6) is -0.152. The van der Waals surface area contributed by atoms with Crippen molar-refractivity contribution >= 4 is 60.6 Å². The molecule has 0 spiro atoms. The van der Waals surface area contributed by atoms with Crippen LogP contribution in [0.25, 0.3) is 16.9 Å². The average Bonchev–Trinajstić information content (AvgIpc) is 3.16. The van der Waals surface area contributed by atoms with Crippen molar-refractivity contribution in [2.45, 2.75) is 24.7 Å². The zero-order valence-electron chi connectivity index (χ0n) is 18.5. The van der Waals surface area contributed by atoms with Crippen molar-refractivity contribution in [3.8, 4) is 11.3 Å². The molecule has 0 saturated carbocycles. The molecule has 0 aliphatic rings. The van der Waals surface area contributed by atoms with Crippen LogP contribution in [0, 0.1) is 12.7 Å². The quantitative estimate of drug-likeness (QED) is 0.227. The van der Waals surface area contributed by atoms with Crippen molar-refractivity contribution in [1.29, 1.82) is 0 Å². The van der Waals surface area contributed by atoms with E-state index in [2.05, 4.69) is 36.1 Å². The van der Waals surface area contributed by atoms with Crippen molar-refractivity contribution in [2.75, 3.05) is 18.4 Å². The van der Waals surface area contributed by atoms with Gasteiger partial charge in [-0.25, -0.2) is 22.5 Å². The zero-order chi connectivity index (χ0) is 25.2. The van der Waals surface area contributed by atoms with Gasteiger partial charge in [-0.3, -0.25) is 0 Å². The van der Waals surface area contributed by atoms with Crippen LogP contribution in [0.3, 0.4) is 0 Å². The molecule has 35 heavy (non-hydrogen) atoms. The Kier molecular flexibility index (Phi) is 7.97. The van der Waals surface area contributed by atoms with E-state index in [1.54, 1.807) is 16.8 Å². The van der Waals surface area contributed by atoms with Crippen LogP contribution >= 0.6 is 39.1 Å². The summed E-state index contributed by atoms with van der Waals surface area (Å²) in [6, 6.07) is 11.7. The number of anilines is 1. The zero-order valence-corrected chi connectivity index (χ0v) is 22.4. The van der Waals surface area contributed by atoms with Gasteiger partial charge >= 0.3 is 0 Å². The second kappa shape index (κ2) is 10.8. The molecule has 0 atom stereocenters. The molecule has 0 aliphatic carbocycles. The number of aryl methyl sites for hydroxylation is 1. The number of rotatable bonds is 9. The minimum atomic E-state index is -3.99. The summed E-state index contributed by atoms with van der Waals surface area (Å²) >= 11 is 15.6. The van der Waals surface area contributed by atoms with E-state index in [9.17, 15) is 12.8 Å². The molecule has 0 amide bonds. The van der Waals surface area contributed by atoms with Gasteiger partial charge in [-0.15, -0.1) is 0 Å². The predicted octanol–water partition coefficient (Wildman–Crippen LogP) is 6.08. The van der Waals surface area contributed by atoms with E-state index in [1.165, 1.54) is 13.0 Å². The Morgan fingerprint density at radius 1 is 1.11 bits per heavy atom. The van der Waals surface area contributed by atoms with Crippen LogP contribution in [0.4, 0.5) is 10.2 Å². The fourth-order valence-electron chi connectivity index (χ4n) is 3.64. The summed E-state index contributed by atoms with van der Waals surface area (Å²) in [6.07, 6.45) is 2.85. The summed E-state index contributed by atoms with van der Waals surface area (Å²) in [7, 11) is -3.99. The number of fused-ring (bicyclic) bond motifs is 1. The van der Waals surface area contributed by atoms with E-state index in [0.29, 0.717) is 35.8 Å². The second-order valence-corrected chi connectivity index (χ2v) is 11.2. The number of benzene rings is 2. The maximum absolute atomic E-state index is 14.2. The molecule has 4 rings (SSSR count). The number of sulfonamides is 1. The molecule has 7 nitrogen and oxygen atoms in total. The number of halogens is 4. The topological polar surface area (TPSA) is 88.4 Å². The molecule has 2 aromatic carbocycles. The summed E-state index contributed by atoms with van der Waals surface area (Å²) in [5, 5.41) is 8.42. The molecule has 0 radical (unpaired) electrons. The van der Waals surface area contributed by atoms with Crippen LogP contribution in [0.5, 0.6) is 0 Å². The highest BCUT2D eigenvalue weighted by Gasteiger charge is 2.22. The molecule has 2 N–H and O–H groups in total. The van der Waals surface area contributed by atoms with E-state index in [4.69, 9.17) is 23.2 Å². The molecule has 2 aromatic heterocycles. The highest BCUT2D eigenvalue weighted by molar-refractivity contribution is 9.10. The van der Waals surface area contributed by atoms with Crippen molar-refractivity contribution in [3.63, 3.8) is 0 Å². The van der Waals surface area contributed by atoms with Crippen LogP contribution in [0.15, 0.2) is 58.0 Å². The molecule has 2 heterocycles. The molecule has 0 bridgehead atoms. The van der Waals surface area contributed by atoms with Gasteiger partial charge < -0.3 is 5.32 Å². The third-order valence-corrected chi connectivity index (χ3v) is 7.99. The smallest absolute Gasteiger partial charge is 0.243 e. The minimum absolute atomic E-state index is 0.150. The standard InChI is InChI=1S/C23H21BrCl2FN5O2S/c1-14-10-15(25)11-19(27)22(14)35(33,34)30-9-5-4-8-28-21-12-20(16-6-2-3-7-18(16)26)31-23-17(24)13-29-32(21)23/h2-3,6-7,10-13,28,30H,4-5,8-9H2,1H3. The minimum Gasteiger partial charge on any atom is -0.370 e. The first-order valence-corrected chi connectivity index (χ1v) is 13.7. The molecule has 0 fully saturated rings. The van der Waals surface area contributed by atoms with Crippen LogP contribution in [0.1, 0.15) is 18.4 Å². The van der Waals surface area contributed by atoms with Gasteiger partial charge in [-0.2, -0.15) is 9.61 Å². The fraction of sp³-hybridized carbons (Fsp3) is 0.217. The lowest BCUT2D eigenvalue weighted by Gasteiger charge is -2.12. The number of unbranched alkanes of at least 4 members (excludes halogenated alkanes) is 1. The Balaban J connectivity index is 1.40. The van der Waals surface area contributed by atoms with Gasteiger partial charge in [0.1, 0.15) is 16.5 Å². The summed E-state index contributed by atoms with van der Waals surface area (Å²) in [6.45, 7) is 2.22. The van der Waals surface area contributed by atoms with Crippen molar-refractivity contribution < 1.29 is 12.8 Å². The van der Waals surface area contributed by atoms with E-state index < -0.39 is 15.8 Å². The van der Waals surface area contributed by atoms with E-state index in [1.807, 2.05) is 24.3 Å².